The van der Waals surface area contributed by atoms with Gasteiger partial charge in [0.05, 0.1) is 6.10 Å². The Balaban J connectivity index is 1.51. The number of ether oxygens (including phenoxy) is 1. The minimum absolute atomic E-state index is 0.125. The number of anilines is 2. The molecule has 3 rings (SSSR count). The van der Waals surface area contributed by atoms with Gasteiger partial charge in [-0.1, -0.05) is 30.3 Å². The number of hydrogen-bond donors (Lipinski definition) is 2. The van der Waals surface area contributed by atoms with Crippen LogP contribution in [0.1, 0.15) is 36.3 Å². The molecule has 0 atom stereocenters. The van der Waals surface area contributed by atoms with Crippen LogP contribution in [0.5, 0.6) is 5.75 Å². The second-order valence-electron chi connectivity index (χ2n) is 6.93. The van der Waals surface area contributed by atoms with Gasteiger partial charge in [-0.15, -0.1) is 0 Å². The van der Waals surface area contributed by atoms with Crippen LogP contribution in [-0.4, -0.2) is 28.5 Å². The second-order valence-corrected chi connectivity index (χ2v) is 6.93. The molecule has 2 N–H and O–H groups in total. The Hall–Kier alpha value is -3.41. The molecule has 0 saturated heterocycles. The van der Waals surface area contributed by atoms with Crippen molar-refractivity contribution < 1.29 is 9.53 Å². The molecular weight excluding hydrogens is 364 g/mol. The number of nitrogens with one attached hydrogen (secondary N) is 2. The van der Waals surface area contributed by atoms with Gasteiger partial charge in [0.1, 0.15) is 11.4 Å². The highest BCUT2D eigenvalue weighted by Crippen LogP contribution is 2.19. The summed E-state index contributed by atoms with van der Waals surface area (Å²) in [4.78, 5) is 20.9. The number of aryl methyl sites for hydroxylation is 1. The van der Waals surface area contributed by atoms with Crippen LogP contribution in [0.2, 0.25) is 0 Å². The molecule has 3 aromatic rings. The van der Waals surface area contributed by atoms with E-state index in [0.717, 1.165) is 24.3 Å². The summed E-state index contributed by atoms with van der Waals surface area (Å²) in [5, 5.41) is 6.02. The summed E-state index contributed by atoms with van der Waals surface area (Å²) in [6.45, 7) is 4.56. The van der Waals surface area contributed by atoms with Crippen LogP contribution in [0.15, 0.2) is 66.9 Å². The van der Waals surface area contributed by atoms with Crippen molar-refractivity contribution in [2.24, 2.45) is 0 Å². The lowest BCUT2D eigenvalue weighted by Crippen LogP contribution is -2.26. The summed E-state index contributed by atoms with van der Waals surface area (Å²) in [5.74, 6) is 0.971. The number of carbonyl (C=O) groups excluding carboxylic acids is 1. The fourth-order valence-electron chi connectivity index (χ4n) is 2.79. The zero-order valence-electron chi connectivity index (χ0n) is 16.8. The van der Waals surface area contributed by atoms with Gasteiger partial charge >= 0.3 is 0 Å². The molecule has 150 valence electrons. The lowest BCUT2D eigenvalue weighted by Gasteiger charge is -2.11. The number of amides is 1. The number of carbonyl (C=O) groups is 1. The molecule has 2 aromatic carbocycles. The first-order valence-corrected chi connectivity index (χ1v) is 9.79. The molecule has 1 heterocycles. The van der Waals surface area contributed by atoms with Gasteiger partial charge in [-0.3, -0.25) is 4.79 Å². The van der Waals surface area contributed by atoms with E-state index in [2.05, 4.69) is 32.7 Å². The van der Waals surface area contributed by atoms with Crippen LogP contribution >= 0.6 is 0 Å². The molecule has 0 spiro atoms. The summed E-state index contributed by atoms with van der Waals surface area (Å²) in [6, 6.07) is 19.4. The minimum atomic E-state index is -0.204. The van der Waals surface area contributed by atoms with Crippen molar-refractivity contribution in [1.82, 2.24) is 15.3 Å². The largest absolute Gasteiger partial charge is 0.491 e. The van der Waals surface area contributed by atoms with Gasteiger partial charge in [0.15, 0.2) is 0 Å². The molecule has 0 aliphatic heterocycles. The Morgan fingerprint density at radius 1 is 1.03 bits per heavy atom. The average molecular weight is 390 g/mol. The topological polar surface area (TPSA) is 76.1 Å². The smallest absolute Gasteiger partial charge is 0.270 e. The normalized spacial score (nSPS) is 10.6. The van der Waals surface area contributed by atoms with E-state index in [0.29, 0.717) is 18.2 Å². The van der Waals surface area contributed by atoms with Crippen molar-refractivity contribution in [2.45, 2.75) is 32.8 Å². The van der Waals surface area contributed by atoms with Gasteiger partial charge < -0.3 is 15.4 Å². The van der Waals surface area contributed by atoms with Gasteiger partial charge in [0.2, 0.25) is 5.95 Å². The standard InChI is InChI=1S/C23H26N4O2/c1-17(2)29-20-12-10-19(11-13-20)26-23-25-16-14-21(27-23)22(28)24-15-6-9-18-7-4-3-5-8-18/h3-5,7-8,10-14,16-17H,6,9,15H2,1-2H3,(H,24,28)(H,25,26,27). The van der Waals surface area contributed by atoms with Crippen LogP contribution in [0.3, 0.4) is 0 Å². The molecule has 0 aliphatic carbocycles. The molecule has 0 radical (unpaired) electrons. The third-order valence-electron chi connectivity index (χ3n) is 4.14. The first kappa shape index (κ1) is 20.3. The summed E-state index contributed by atoms with van der Waals surface area (Å²) in [7, 11) is 0. The summed E-state index contributed by atoms with van der Waals surface area (Å²) in [5.41, 5.74) is 2.42. The van der Waals surface area contributed by atoms with E-state index < -0.39 is 0 Å². The molecule has 0 fully saturated rings. The van der Waals surface area contributed by atoms with Crippen LogP contribution in [0.25, 0.3) is 0 Å². The number of hydrogen-bond acceptors (Lipinski definition) is 5. The van der Waals surface area contributed by atoms with E-state index in [9.17, 15) is 4.79 Å². The summed E-state index contributed by atoms with van der Waals surface area (Å²) in [6.07, 6.45) is 3.50. The average Bonchev–Trinajstić information content (AvgIpc) is 2.73. The zero-order valence-corrected chi connectivity index (χ0v) is 16.8. The van der Waals surface area contributed by atoms with Crippen LogP contribution in [0.4, 0.5) is 11.6 Å². The molecule has 0 aliphatic rings. The summed E-state index contributed by atoms with van der Waals surface area (Å²) >= 11 is 0. The quantitative estimate of drug-likeness (QED) is 0.531. The number of benzene rings is 2. The summed E-state index contributed by atoms with van der Waals surface area (Å²) < 4.78 is 5.63. The molecule has 0 bridgehead atoms. The Labute approximate surface area is 171 Å². The number of aromatic nitrogens is 2. The van der Waals surface area contributed by atoms with E-state index in [-0.39, 0.29) is 12.0 Å². The highest BCUT2D eigenvalue weighted by Gasteiger charge is 2.09. The van der Waals surface area contributed by atoms with Crippen LogP contribution in [0, 0.1) is 0 Å². The highest BCUT2D eigenvalue weighted by atomic mass is 16.5. The van der Waals surface area contributed by atoms with Gasteiger partial charge in [0.25, 0.3) is 5.91 Å². The van der Waals surface area contributed by atoms with E-state index in [1.807, 2.05) is 56.3 Å². The lowest BCUT2D eigenvalue weighted by molar-refractivity contribution is 0.0948. The monoisotopic (exact) mass is 390 g/mol. The first-order valence-electron chi connectivity index (χ1n) is 9.79. The van der Waals surface area contributed by atoms with Crippen molar-refractivity contribution in [2.75, 3.05) is 11.9 Å². The third-order valence-corrected chi connectivity index (χ3v) is 4.14. The molecule has 0 saturated carbocycles. The number of nitrogens with zero attached hydrogens (tertiary/aromatic N) is 2. The van der Waals surface area contributed by atoms with Crippen molar-refractivity contribution in [3.05, 3.63) is 78.1 Å². The van der Waals surface area contributed by atoms with Crippen LogP contribution in [-0.2, 0) is 6.42 Å². The van der Waals surface area contributed by atoms with Gasteiger partial charge in [-0.2, -0.15) is 0 Å². The Morgan fingerprint density at radius 2 is 1.79 bits per heavy atom. The Morgan fingerprint density at radius 3 is 2.52 bits per heavy atom. The van der Waals surface area contributed by atoms with Crippen molar-refractivity contribution >= 4 is 17.5 Å². The maximum Gasteiger partial charge on any atom is 0.270 e. The maximum atomic E-state index is 12.4. The maximum absolute atomic E-state index is 12.4. The fraction of sp³-hybridized carbons (Fsp3) is 0.261. The predicted molar refractivity (Wildman–Crippen MR) is 115 cm³/mol. The predicted octanol–water partition coefficient (Wildman–Crippen LogP) is 4.37. The van der Waals surface area contributed by atoms with Crippen molar-refractivity contribution in [1.29, 1.82) is 0 Å². The first-order chi connectivity index (χ1) is 14.1. The lowest BCUT2D eigenvalue weighted by atomic mass is 10.1. The molecular formula is C23H26N4O2. The van der Waals surface area contributed by atoms with E-state index in [1.54, 1.807) is 12.3 Å². The van der Waals surface area contributed by atoms with Crippen molar-refractivity contribution in [3.63, 3.8) is 0 Å². The van der Waals surface area contributed by atoms with Gasteiger partial charge in [0, 0.05) is 18.4 Å². The van der Waals surface area contributed by atoms with E-state index >= 15 is 0 Å². The molecule has 6 nitrogen and oxygen atoms in total. The molecule has 6 heteroatoms. The van der Waals surface area contributed by atoms with Gasteiger partial charge in [-0.25, -0.2) is 9.97 Å². The third kappa shape index (κ3) is 6.60. The molecule has 1 aromatic heterocycles. The van der Waals surface area contributed by atoms with Gasteiger partial charge in [-0.05, 0) is 62.6 Å². The fourth-order valence-corrected chi connectivity index (χ4v) is 2.79. The highest BCUT2D eigenvalue weighted by molar-refractivity contribution is 5.92. The SMILES string of the molecule is CC(C)Oc1ccc(Nc2nccc(C(=O)NCCCc3ccccc3)n2)cc1. The Bertz CT molecular complexity index is 912. The van der Waals surface area contributed by atoms with E-state index in [1.165, 1.54) is 5.56 Å². The Kier molecular flexibility index (Phi) is 7.16. The minimum Gasteiger partial charge on any atom is -0.491 e. The van der Waals surface area contributed by atoms with E-state index in [4.69, 9.17) is 4.74 Å². The van der Waals surface area contributed by atoms with Crippen molar-refractivity contribution in [3.8, 4) is 5.75 Å². The van der Waals surface area contributed by atoms with Crippen LogP contribution < -0.4 is 15.4 Å². The zero-order chi connectivity index (χ0) is 20.5. The number of rotatable bonds is 9. The molecule has 29 heavy (non-hydrogen) atoms. The molecule has 1 amide bonds. The second kappa shape index (κ2) is 10.2. The molecule has 0 unspecified atom stereocenters.